The Kier molecular flexibility index (Phi) is 21.9. The van der Waals surface area contributed by atoms with Gasteiger partial charge in [-0.15, -0.1) is 0 Å². The largest absolute Gasteiger partial charge is 0.508 e. The second kappa shape index (κ2) is 27.8. The van der Waals surface area contributed by atoms with Gasteiger partial charge < -0.3 is 52.8 Å². The van der Waals surface area contributed by atoms with Gasteiger partial charge in [-0.1, -0.05) is 55.8 Å². The molecule has 1 heterocycles. The Labute approximate surface area is 379 Å². The first-order valence-electron chi connectivity index (χ1n) is 22.2. The molecule has 17 nitrogen and oxygen atoms in total. The molecule has 0 saturated carbocycles. The second-order valence-corrected chi connectivity index (χ2v) is 15.6. The smallest absolute Gasteiger partial charge is 0.344 e. The Morgan fingerprint density at radius 3 is 2.15 bits per heavy atom. The first-order valence-corrected chi connectivity index (χ1v) is 22.2. The number of nitrogens with zero attached hydrogens (tertiary/aromatic N) is 3. The molecule has 6 amide bonds. The van der Waals surface area contributed by atoms with Crippen molar-refractivity contribution in [3.05, 3.63) is 95.1 Å². The summed E-state index contributed by atoms with van der Waals surface area (Å²) in [5.41, 5.74) is 12.2. The van der Waals surface area contributed by atoms with Crippen LogP contribution in [0.4, 0.5) is 13.6 Å². The Bertz CT molecular complexity index is 2000. The van der Waals surface area contributed by atoms with Gasteiger partial charge in [0.05, 0.1) is 12.5 Å². The fourth-order valence-electron chi connectivity index (χ4n) is 7.14. The summed E-state index contributed by atoms with van der Waals surface area (Å²) in [5.74, 6) is -4.35. The van der Waals surface area contributed by atoms with Crippen LogP contribution in [0.1, 0.15) is 80.9 Å². The number of nitrogens with two attached hydrogens (primary N) is 2. The summed E-state index contributed by atoms with van der Waals surface area (Å²) in [7, 11) is 0. The van der Waals surface area contributed by atoms with E-state index in [1.807, 2.05) is 11.0 Å². The number of rotatable bonds is 25. The minimum absolute atomic E-state index is 0.0411. The molecule has 0 aliphatic carbocycles. The third-order valence-corrected chi connectivity index (χ3v) is 10.8. The van der Waals surface area contributed by atoms with E-state index in [1.54, 1.807) is 55.5 Å². The molecule has 3 aromatic carbocycles. The maximum atomic E-state index is 14.6. The van der Waals surface area contributed by atoms with Gasteiger partial charge >= 0.3 is 6.03 Å². The molecule has 19 heteroatoms. The number of phenolic OH excluding ortho intramolecular Hbond substituents is 1. The van der Waals surface area contributed by atoms with E-state index in [4.69, 9.17) is 16.2 Å². The highest BCUT2D eigenvalue weighted by Gasteiger charge is 2.29. The number of phenols is 1. The van der Waals surface area contributed by atoms with Crippen LogP contribution in [0, 0.1) is 11.6 Å². The normalized spacial score (nSPS) is 13.9. The Morgan fingerprint density at radius 1 is 0.800 bits per heavy atom. The number of urea groups is 1. The number of piperazine rings is 1. The fraction of sp³-hybridized carbons (Fsp3) is 0.478. The maximum absolute atomic E-state index is 14.6. The van der Waals surface area contributed by atoms with Crippen molar-refractivity contribution in [3.8, 4) is 11.5 Å². The van der Waals surface area contributed by atoms with E-state index >= 15 is 0 Å². The lowest BCUT2D eigenvalue weighted by atomic mass is 9.90. The molecular weight excluding hydrogens is 843 g/mol. The molecule has 1 saturated heterocycles. The number of nitrogens with one attached hydrogen (secondary N) is 5. The zero-order valence-corrected chi connectivity index (χ0v) is 37.1. The number of carbonyl (C=O) groups excluding carboxylic acids is 5. The fourth-order valence-corrected chi connectivity index (χ4v) is 7.14. The van der Waals surface area contributed by atoms with E-state index in [0.717, 1.165) is 57.5 Å². The van der Waals surface area contributed by atoms with Gasteiger partial charge in [-0.3, -0.25) is 24.1 Å². The number of aliphatic imine (C=N–C) groups is 1. The number of hydrogen-bond donors (Lipinski definition) is 8. The average molecular weight is 907 g/mol. The van der Waals surface area contributed by atoms with Crippen LogP contribution in [-0.4, -0.2) is 122 Å². The van der Waals surface area contributed by atoms with E-state index in [0.29, 0.717) is 56.0 Å². The van der Waals surface area contributed by atoms with Crippen LogP contribution in [0.3, 0.4) is 0 Å². The Balaban J connectivity index is 1.36. The van der Waals surface area contributed by atoms with Gasteiger partial charge in [0.2, 0.25) is 23.6 Å². The van der Waals surface area contributed by atoms with Gasteiger partial charge in [0.1, 0.15) is 29.2 Å². The monoisotopic (exact) mass is 906 g/mol. The van der Waals surface area contributed by atoms with E-state index in [9.17, 15) is 37.9 Å². The number of halogens is 2. The van der Waals surface area contributed by atoms with Crippen LogP contribution in [-0.2, 0) is 25.7 Å². The molecule has 10 N–H and O–H groups in total. The maximum Gasteiger partial charge on any atom is 0.344 e. The molecule has 4 rings (SSSR count). The summed E-state index contributed by atoms with van der Waals surface area (Å²) in [4.78, 5) is 72.0. The Hall–Kier alpha value is -6.34. The predicted octanol–water partition coefficient (Wildman–Crippen LogP) is 2.96. The number of guanidine groups is 1. The molecule has 1 aliphatic rings. The minimum atomic E-state index is -1.18. The molecule has 1 unspecified atom stereocenters. The summed E-state index contributed by atoms with van der Waals surface area (Å²) < 4.78 is 35.2. The SMILES string of the molecule is CCC(=O)NCCNC(=O)/N=C(/N)NCCC[C@@H](NC(=O)C(c1ccccc1)c1ccc(OCCCN2CCN(C(=O)CCCCCN)CC2)cc1)C(=O)NCc1c(F)cc(O)cc1F. The summed E-state index contributed by atoms with van der Waals surface area (Å²) in [5, 5.41) is 22.8. The zero-order valence-electron chi connectivity index (χ0n) is 37.1. The molecule has 3 aromatic rings. The lowest BCUT2D eigenvalue weighted by Crippen LogP contribution is -2.48. The van der Waals surface area contributed by atoms with Gasteiger partial charge in [0.25, 0.3) is 0 Å². The highest BCUT2D eigenvalue weighted by Crippen LogP contribution is 2.27. The predicted molar refractivity (Wildman–Crippen MR) is 243 cm³/mol. The molecule has 0 aromatic heterocycles. The van der Waals surface area contributed by atoms with Crippen LogP contribution in [0.5, 0.6) is 11.5 Å². The van der Waals surface area contributed by atoms with Crippen LogP contribution < -0.4 is 42.8 Å². The van der Waals surface area contributed by atoms with Crippen LogP contribution in [0.2, 0.25) is 0 Å². The molecule has 1 aliphatic heterocycles. The van der Waals surface area contributed by atoms with Crippen molar-refractivity contribution in [2.24, 2.45) is 16.5 Å². The third-order valence-electron chi connectivity index (χ3n) is 10.8. The van der Waals surface area contributed by atoms with Gasteiger partial charge in [0, 0.05) is 89.4 Å². The molecule has 354 valence electrons. The van der Waals surface area contributed by atoms with Crippen molar-refractivity contribution in [1.29, 1.82) is 0 Å². The van der Waals surface area contributed by atoms with Gasteiger partial charge in [-0.05, 0) is 61.9 Å². The van der Waals surface area contributed by atoms with Crippen LogP contribution in [0.25, 0.3) is 0 Å². The quantitative estimate of drug-likeness (QED) is 0.0349. The summed E-state index contributed by atoms with van der Waals surface area (Å²) in [6.45, 7) is 6.64. The lowest BCUT2D eigenvalue weighted by Gasteiger charge is -2.34. The van der Waals surface area contributed by atoms with E-state index in [-0.39, 0.29) is 50.2 Å². The number of hydrogen-bond acceptors (Lipinski definition) is 9. The average Bonchev–Trinajstić information content (AvgIpc) is 3.29. The topological polar surface area (TPSA) is 246 Å². The molecule has 0 bridgehead atoms. The number of benzene rings is 3. The number of carbonyl (C=O) groups is 5. The number of ether oxygens (including phenoxy) is 1. The van der Waals surface area contributed by atoms with Crippen LogP contribution in [0.15, 0.2) is 71.7 Å². The molecule has 0 spiro atoms. The minimum Gasteiger partial charge on any atom is -0.508 e. The standard InChI is InChI=1S/C46H64F2N10O7/c1-2-40(60)51-21-22-53-46(64)56-45(50)52-20-9-13-39(43(62)54-31-36-37(47)29-34(59)30-38(36)48)55-44(63)42(32-11-5-3-6-12-32)33-15-17-35(18-16-33)65-28-10-23-57-24-26-58(27-25-57)41(61)14-7-4-8-19-49/h3,5-6,11-12,15-18,29-30,39,42,59H,2,4,7-10,13-14,19-28,31,49H2,1H3,(H,51,60)(H,54,62)(H,55,63)(H4,50,52,53,56,64)/t39-,42?/m1/s1. The van der Waals surface area contributed by atoms with Crippen molar-refractivity contribution in [2.45, 2.75) is 76.8 Å². The second-order valence-electron chi connectivity index (χ2n) is 15.6. The number of aromatic hydroxyl groups is 1. The van der Waals surface area contributed by atoms with Crippen molar-refractivity contribution in [2.75, 3.05) is 65.5 Å². The molecule has 1 fully saturated rings. The van der Waals surface area contributed by atoms with Crippen molar-refractivity contribution in [1.82, 2.24) is 36.4 Å². The lowest BCUT2D eigenvalue weighted by molar-refractivity contribution is -0.133. The third kappa shape index (κ3) is 18.0. The van der Waals surface area contributed by atoms with Gasteiger partial charge in [-0.25, -0.2) is 13.6 Å². The van der Waals surface area contributed by atoms with Crippen molar-refractivity contribution in [3.63, 3.8) is 0 Å². The highest BCUT2D eigenvalue weighted by atomic mass is 19.1. The molecule has 65 heavy (non-hydrogen) atoms. The summed E-state index contributed by atoms with van der Waals surface area (Å²) in [6.07, 6.45) is 4.71. The first-order chi connectivity index (χ1) is 31.4. The van der Waals surface area contributed by atoms with Crippen LogP contribution >= 0.6 is 0 Å². The summed E-state index contributed by atoms with van der Waals surface area (Å²) >= 11 is 0. The van der Waals surface area contributed by atoms with Crippen molar-refractivity contribution < 1.29 is 42.6 Å². The number of unbranched alkanes of at least 4 members (excludes halogenated alkanes) is 2. The zero-order chi connectivity index (χ0) is 47.0. The van der Waals surface area contributed by atoms with E-state index in [2.05, 4.69) is 36.5 Å². The molecule has 2 atom stereocenters. The molecule has 0 radical (unpaired) electrons. The van der Waals surface area contributed by atoms with E-state index in [1.165, 1.54) is 0 Å². The Morgan fingerprint density at radius 2 is 1.48 bits per heavy atom. The molecular formula is C46H64F2N10O7. The number of amides is 6. The first kappa shape index (κ1) is 51.3. The van der Waals surface area contributed by atoms with Crippen molar-refractivity contribution >= 4 is 35.6 Å². The van der Waals surface area contributed by atoms with E-state index < -0.39 is 59.3 Å². The van der Waals surface area contributed by atoms with Gasteiger partial charge in [-0.2, -0.15) is 4.99 Å². The highest BCUT2D eigenvalue weighted by molar-refractivity contribution is 5.93. The summed E-state index contributed by atoms with van der Waals surface area (Å²) in [6, 6.07) is 15.7. The van der Waals surface area contributed by atoms with Gasteiger partial charge in [0.15, 0.2) is 5.96 Å².